The minimum atomic E-state index is -1.01. The maximum absolute atomic E-state index is 12.1. The predicted molar refractivity (Wildman–Crippen MR) is 108 cm³/mol. The van der Waals surface area contributed by atoms with Crippen LogP contribution in [0.15, 0.2) is 60.7 Å². The molecule has 0 aliphatic rings. The Morgan fingerprint density at radius 3 is 2.62 bits per heavy atom. The molecule has 0 saturated heterocycles. The summed E-state index contributed by atoms with van der Waals surface area (Å²) in [5.74, 6) is -1.45. The van der Waals surface area contributed by atoms with Gasteiger partial charge in [-0.1, -0.05) is 36.4 Å². The van der Waals surface area contributed by atoms with Crippen molar-refractivity contribution in [2.24, 2.45) is 0 Å². The maximum atomic E-state index is 12.1. The number of carbonyl (C=O) groups is 3. The minimum absolute atomic E-state index is 0.0630. The van der Waals surface area contributed by atoms with Crippen molar-refractivity contribution in [1.82, 2.24) is 5.32 Å². The van der Waals surface area contributed by atoms with Gasteiger partial charge in [-0.05, 0) is 36.8 Å². The lowest BCUT2D eigenvalue weighted by atomic mass is 10.2. The van der Waals surface area contributed by atoms with Crippen molar-refractivity contribution in [3.05, 3.63) is 71.8 Å². The number of nitriles is 1. The number of esters is 1. The Labute approximate surface area is 169 Å². The van der Waals surface area contributed by atoms with Crippen molar-refractivity contribution in [1.29, 1.82) is 5.26 Å². The topological polar surface area (TPSA) is 108 Å². The smallest absolute Gasteiger partial charge is 0.308 e. The fourth-order valence-electron chi connectivity index (χ4n) is 2.30. The first kappa shape index (κ1) is 21.4. The zero-order valence-corrected chi connectivity index (χ0v) is 15.9. The highest BCUT2D eigenvalue weighted by Crippen LogP contribution is 2.10. The van der Waals surface area contributed by atoms with Crippen molar-refractivity contribution < 1.29 is 19.1 Å². The maximum Gasteiger partial charge on any atom is 0.308 e. The molecule has 2 N–H and O–H groups in total. The van der Waals surface area contributed by atoms with Gasteiger partial charge in [0.1, 0.15) is 0 Å². The Bertz CT molecular complexity index is 933. The first-order valence-electron chi connectivity index (χ1n) is 8.99. The number of carbonyl (C=O) groups excluding carboxylic acids is 3. The summed E-state index contributed by atoms with van der Waals surface area (Å²) in [4.78, 5) is 35.7. The molecule has 29 heavy (non-hydrogen) atoms. The molecule has 2 rings (SSSR count). The molecular formula is C22H21N3O4. The lowest BCUT2D eigenvalue weighted by Gasteiger charge is -2.13. The predicted octanol–water partition coefficient (Wildman–Crippen LogP) is 2.65. The molecule has 0 bridgehead atoms. The molecule has 2 amide bonds. The van der Waals surface area contributed by atoms with E-state index in [1.165, 1.54) is 19.1 Å². The lowest BCUT2D eigenvalue weighted by Crippen LogP contribution is -2.31. The number of hydrogen-bond donors (Lipinski definition) is 2. The van der Waals surface area contributed by atoms with Gasteiger partial charge in [0.25, 0.3) is 5.91 Å². The van der Waals surface area contributed by atoms with Crippen LogP contribution in [0.1, 0.15) is 24.5 Å². The van der Waals surface area contributed by atoms with Crippen LogP contribution in [0.25, 0.3) is 6.08 Å². The quantitative estimate of drug-likeness (QED) is 0.531. The van der Waals surface area contributed by atoms with Crippen LogP contribution in [0.3, 0.4) is 0 Å². The number of ether oxygens (including phenoxy) is 1. The fraction of sp³-hybridized carbons (Fsp3) is 0.182. The van der Waals surface area contributed by atoms with E-state index in [1.807, 2.05) is 36.4 Å². The van der Waals surface area contributed by atoms with Gasteiger partial charge < -0.3 is 15.4 Å². The first-order chi connectivity index (χ1) is 14.0. The van der Waals surface area contributed by atoms with Crippen molar-refractivity contribution >= 4 is 29.5 Å². The molecule has 7 nitrogen and oxygen atoms in total. The van der Waals surface area contributed by atoms with Gasteiger partial charge in [0, 0.05) is 18.3 Å². The average molecular weight is 391 g/mol. The van der Waals surface area contributed by atoms with E-state index >= 15 is 0 Å². The van der Waals surface area contributed by atoms with Crippen molar-refractivity contribution in [2.75, 3.05) is 11.9 Å². The van der Waals surface area contributed by atoms with E-state index in [-0.39, 0.29) is 18.9 Å². The SMILES string of the molecule is C[C@@H](OC(=O)CCNC(=O)/C=C/c1ccccc1)C(=O)Nc1cccc(C#N)c1. The van der Waals surface area contributed by atoms with Gasteiger partial charge in [0.05, 0.1) is 18.1 Å². The van der Waals surface area contributed by atoms with E-state index < -0.39 is 18.0 Å². The summed E-state index contributed by atoms with van der Waals surface area (Å²) in [6.07, 6.45) is 1.97. The van der Waals surface area contributed by atoms with Crippen LogP contribution in [-0.2, 0) is 19.1 Å². The Balaban J connectivity index is 1.71. The van der Waals surface area contributed by atoms with Crippen LogP contribution in [0.2, 0.25) is 0 Å². The van der Waals surface area contributed by atoms with Gasteiger partial charge in [0.2, 0.25) is 5.91 Å². The molecule has 0 unspecified atom stereocenters. The number of rotatable bonds is 8. The summed E-state index contributed by atoms with van der Waals surface area (Å²) in [6.45, 7) is 1.54. The largest absolute Gasteiger partial charge is 0.452 e. The Hall–Kier alpha value is -3.92. The van der Waals surface area contributed by atoms with Gasteiger partial charge in [0.15, 0.2) is 6.10 Å². The molecule has 0 saturated carbocycles. The molecule has 0 fully saturated rings. The fourth-order valence-corrected chi connectivity index (χ4v) is 2.30. The minimum Gasteiger partial charge on any atom is -0.452 e. The van der Waals surface area contributed by atoms with Gasteiger partial charge in [-0.2, -0.15) is 5.26 Å². The second-order valence-electron chi connectivity index (χ2n) is 6.10. The van der Waals surface area contributed by atoms with Crippen LogP contribution in [0.4, 0.5) is 5.69 Å². The van der Waals surface area contributed by atoms with E-state index in [4.69, 9.17) is 10.00 Å². The summed E-state index contributed by atoms with van der Waals surface area (Å²) >= 11 is 0. The molecule has 0 aromatic heterocycles. The molecule has 0 radical (unpaired) electrons. The number of amides is 2. The van der Waals surface area contributed by atoms with Crippen LogP contribution in [0.5, 0.6) is 0 Å². The standard InChI is InChI=1S/C22H21N3O4/c1-16(22(28)25-19-9-5-8-18(14-19)15-23)29-21(27)12-13-24-20(26)11-10-17-6-3-2-4-7-17/h2-11,14,16H,12-13H2,1H3,(H,24,26)(H,25,28)/b11-10+/t16-/m1/s1. The van der Waals surface area contributed by atoms with Crippen LogP contribution in [-0.4, -0.2) is 30.4 Å². The molecular weight excluding hydrogens is 370 g/mol. The summed E-state index contributed by atoms with van der Waals surface area (Å²) in [5, 5.41) is 14.0. The third kappa shape index (κ3) is 7.69. The lowest BCUT2D eigenvalue weighted by molar-refractivity contribution is -0.153. The Morgan fingerprint density at radius 1 is 1.14 bits per heavy atom. The second kappa shape index (κ2) is 11.0. The zero-order chi connectivity index (χ0) is 21.1. The first-order valence-corrected chi connectivity index (χ1v) is 8.99. The van der Waals surface area contributed by atoms with Crippen LogP contribution < -0.4 is 10.6 Å². The summed E-state index contributed by atoms with van der Waals surface area (Å²) < 4.78 is 5.07. The van der Waals surface area contributed by atoms with E-state index in [2.05, 4.69) is 10.6 Å². The number of hydrogen-bond acceptors (Lipinski definition) is 5. The van der Waals surface area contributed by atoms with E-state index in [9.17, 15) is 14.4 Å². The third-order valence-electron chi connectivity index (χ3n) is 3.79. The molecule has 7 heteroatoms. The normalized spacial score (nSPS) is 11.3. The summed E-state index contributed by atoms with van der Waals surface area (Å²) in [7, 11) is 0. The monoisotopic (exact) mass is 391 g/mol. The highest BCUT2D eigenvalue weighted by molar-refractivity contribution is 5.95. The second-order valence-corrected chi connectivity index (χ2v) is 6.10. The Kier molecular flexibility index (Phi) is 8.14. The molecule has 148 valence electrons. The highest BCUT2D eigenvalue weighted by Gasteiger charge is 2.18. The summed E-state index contributed by atoms with van der Waals surface area (Å²) in [5.41, 5.74) is 1.74. The van der Waals surface area contributed by atoms with E-state index in [0.29, 0.717) is 11.3 Å². The van der Waals surface area contributed by atoms with Crippen molar-refractivity contribution in [3.8, 4) is 6.07 Å². The van der Waals surface area contributed by atoms with E-state index in [0.717, 1.165) is 5.56 Å². The summed E-state index contributed by atoms with van der Waals surface area (Å²) in [6, 6.07) is 17.7. The van der Waals surface area contributed by atoms with Crippen molar-refractivity contribution in [3.63, 3.8) is 0 Å². The van der Waals surface area contributed by atoms with Crippen LogP contribution in [0, 0.1) is 11.3 Å². The van der Waals surface area contributed by atoms with Gasteiger partial charge in [-0.3, -0.25) is 14.4 Å². The number of anilines is 1. The Morgan fingerprint density at radius 2 is 1.90 bits per heavy atom. The van der Waals surface area contributed by atoms with Crippen LogP contribution >= 0.6 is 0 Å². The number of benzene rings is 2. The molecule has 0 heterocycles. The molecule has 0 spiro atoms. The van der Waals surface area contributed by atoms with E-state index in [1.54, 1.807) is 24.3 Å². The molecule has 0 aliphatic heterocycles. The van der Waals surface area contributed by atoms with Crippen molar-refractivity contribution in [2.45, 2.75) is 19.4 Å². The zero-order valence-electron chi connectivity index (χ0n) is 15.9. The van der Waals surface area contributed by atoms with Gasteiger partial charge in [-0.15, -0.1) is 0 Å². The average Bonchev–Trinajstić information content (AvgIpc) is 2.73. The molecule has 2 aromatic rings. The molecule has 0 aliphatic carbocycles. The number of nitrogens with one attached hydrogen (secondary N) is 2. The number of nitrogens with zero attached hydrogens (tertiary/aromatic N) is 1. The molecule has 1 atom stereocenters. The third-order valence-corrected chi connectivity index (χ3v) is 3.79. The highest BCUT2D eigenvalue weighted by atomic mass is 16.5. The van der Waals surface area contributed by atoms with Gasteiger partial charge in [-0.25, -0.2) is 0 Å². The molecule has 2 aromatic carbocycles. The van der Waals surface area contributed by atoms with Gasteiger partial charge >= 0.3 is 5.97 Å².